The van der Waals surface area contributed by atoms with Crippen molar-refractivity contribution >= 4 is 34.1 Å². The summed E-state index contributed by atoms with van der Waals surface area (Å²) in [6, 6.07) is 12.8. The van der Waals surface area contributed by atoms with E-state index in [2.05, 4.69) is 10.2 Å². The number of nitrogen functional groups attached to an aromatic ring is 1. The van der Waals surface area contributed by atoms with Crippen molar-refractivity contribution in [3.8, 4) is 11.1 Å². The topological polar surface area (TPSA) is 121 Å². The SMILES string of the molecule is NC(=O)N(c1ccc(-c2cc(CO)c(F)c3[nH]nc(N)c23)cc1)c1cccc(F)c1. The van der Waals surface area contributed by atoms with E-state index in [0.717, 1.165) is 0 Å². The fraction of sp³-hybridized carbons (Fsp3) is 0.0476. The molecule has 0 saturated heterocycles. The minimum Gasteiger partial charge on any atom is -0.392 e. The number of H-pyrrole nitrogens is 1. The van der Waals surface area contributed by atoms with Crippen LogP contribution in [0.2, 0.25) is 0 Å². The molecule has 6 N–H and O–H groups in total. The fourth-order valence-corrected chi connectivity index (χ4v) is 3.41. The van der Waals surface area contributed by atoms with E-state index in [1.165, 1.54) is 29.2 Å². The van der Waals surface area contributed by atoms with Gasteiger partial charge in [0, 0.05) is 5.56 Å². The molecule has 0 aliphatic heterocycles. The number of aromatic amines is 1. The number of aromatic nitrogens is 2. The number of hydrogen-bond acceptors (Lipinski definition) is 4. The van der Waals surface area contributed by atoms with Gasteiger partial charge in [0.25, 0.3) is 0 Å². The largest absolute Gasteiger partial charge is 0.392 e. The first-order valence-electron chi connectivity index (χ1n) is 8.92. The Balaban J connectivity index is 1.82. The number of nitrogens with one attached hydrogen (secondary N) is 1. The van der Waals surface area contributed by atoms with Crippen molar-refractivity contribution in [3.63, 3.8) is 0 Å². The van der Waals surface area contributed by atoms with E-state index in [-0.39, 0.29) is 22.6 Å². The smallest absolute Gasteiger partial charge is 0.323 e. The van der Waals surface area contributed by atoms with Gasteiger partial charge in [0.2, 0.25) is 0 Å². The molecule has 3 aromatic carbocycles. The second-order valence-electron chi connectivity index (χ2n) is 6.61. The molecule has 152 valence electrons. The van der Waals surface area contributed by atoms with E-state index in [9.17, 15) is 18.7 Å². The molecule has 0 atom stereocenters. The van der Waals surface area contributed by atoms with Crippen LogP contribution in [0.1, 0.15) is 5.56 Å². The summed E-state index contributed by atoms with van der Waals surface area (Å²) in [5.41, 5.74) is 13.5. The summed E-state index contributed by atoms with van der Waals surface area (Å²) < 4.78 is 28.1. The number of urea groups is 1. The fourth-order valence-electron chi connectivity index (χ4n) is 3.41. The van der Waals surface area contributed by atoms with Gasteiger partial charge in [-0.3, -0.25) is 10.00 Å². The van der Waals surface area contributed by atoms with Gasteiger partial charge in [0.05, 0.1) is 23.4 Å². The molecular formula is C21H17F2N5O2. The van der Waals surface area contributed by atoms with Crippen LogP contribution in [0.25, 0.3) is 22.0 Å². The number of rotatable bonds is 4. The highest BCUT2D eigenvalue weighted by atomic mass is 19.1. The Morgan fingerprint density at radius 2 is 1.83 bits per heavy atom. The number of primary amides is 1. The average molecular weight is 409 g/mol. The monoisotopic (exact) mass is 409 g/mol. The van der Waals surface area contributed by atoms with E-state index < -0.39 is 24.3 Å². The molecule has 0 spiro atoms. The first-order valence-corrected chi connectivity index (χ1v) is 8.92. The lowest BCUT2D eigenvalue weighted by atomic mass is 9.98. The highest BCUT2D eigenvalue weighted by Gasteiger charge is 2.19. The first-order chi connectivity index (χ1) is 14.4. The van der Waals surface area contributed by atoms with Crippen LogP contribution in [0.5, 0.6) is 0 Å². The third-order valence-corrected chi connectivity index (χ3v) is 4.78. The lowest BCUT2D eigenvalue weighted by Gasteiger charge is -2.21. The molecule has 0 aliphatic rings. The molecule has 1 heterocycles. The zero-order valence-electron chi connectivity index (χ0n) is 15.6. The highest BCUT2D eigenvalue weighted by molar-refractivity contribution is 6.03. The predicted octanol–water partition coefficient (Wildman–Crippen LogP) is 3.80. The molecule has 0 aliphatic carbocycles. The molecule has 0 unspecified atom stereocenters. The van der Waals surface area contributed by atoms with E-state index >= 15 is 0 Å². The Kier molecular flexibility index (Phi) is 4.80. The van der Waals surface area contributed by atoms with E-state index in [4.69, 9.17) is 11.5 Å². The van der Waals surface area contributed by atoms with Crippen LogP contribution in [-0.2, 0) is 6.61 Å². The number of anilines is 3. The third kappa shape index (κ3) is 3.20. The van der Waals surface area contributed by atoms with Crippen molar-refractivity contribution in [1.29, 1.82) is 0 Å². The van der Waals surface area contributed by atoms with Crippen LogP contribution >= 0.6 is 0 Å². The summed E-state index contributed by atoms with van der Waals surface area (Å²) in [5, 5.41) is 16.3. The lowest BCUT2D eigenvalue weighted by Crippen LogP contribution is -2.31. The third-order valence-electron chi connectivity index (χ3n) is 4.78. The molecule has 0 bridgehead atoms. The minimum absolute atomic E-state index is 0.0868. The predicted molar refractivity (Wildman–Crippen MR) is 110 cm³/mol. The summed E-state index contributed by atoms with van der Waals surface area (Å²) in [6.07, 6.45) is 0. The molecule has 0 radical (unpaired) electrons. The van der Waals surface area contributed by atoms with E-state index in [1.807, 2.05) is 0 Å². The van der Waals surface area contributed by atoms with E-state index in [0.29, 0.717) is 22.2 Å². The summed E-state index contributed by atoms with van der Waals surface area (Å²) >= 11 is 0. The number of carbonyl (C=O) groups is 1. The highest BCUT2D eigenvalue weighted by Crippen LogP contribution is 2.36. The number of hydrogen-bond donors (Lipinski definition) is 4. The molecule has 1 aromatic heterocycles. The minimum atomic E-state index is -0.779. The molecule has 30 heavy (non-hydrogen) atoms. The molecule has 9 heteroatoms. The zero-order valence-corrected chi connectivity index (χ0v) is 15.6. The van der Waals surface area contributed by atoms with Crippen LogP contribution < -0.4 is 16.4 Å². The number of aliphatic hydroxyl groups is 1. The van der Waals surface area contributed by atoms with Gasteiger partial charge < -0.3 is 16.6 Å². The summed E-state index contributed by atoms with van der Waals surface area (Å²) in [5.74, 6) is -1.01. The van der Waals surface area contributed by atoms with Gasteiger partial charge in [-0.25, -0.2) is 13.6 Å². The Morgan fingerprint density at radius 3 is 2.47 bits per heavy atom. The van der Waals surface area contributed by atoms with E-state index in [1.54, 1.807) is 30.3 Å². The molecular weight excluding hydrogens is 392 g/mol. The maximum absolute atomic E-state index is 14.5. The molecule has 7 nitrogen and oxygen atoms in total. The number of fused-ring (bicyclic) bond motifs is 1. The van der Waals surface area contributed by atoms with Crippen LogP contribution in [0.4, 0.5) is 30.8 Å². The van der Waals surface area contributed by atoms with Crippen molar-refractivity contribution in [2.45, 2.75) is 6.61 Å². The molecule has 4 aromatic rings. The van der Waals surface area contributed by atoms with Gasteiger partial charge >= 0.3 is 6.03 Å². The second-order valence-corrected chi connectivity index (χ2v) is 6.61. The maximum atomic E-state index is 14.5. The van der Waals surface area contributed by atoms with Gasteiger partial charge in [-0.1, -0.05) is 18.2 Å². The Hall–Kier alpha value is -3.98. The lowest BCUT2D eigenvalue weighted by molar-refractivity contribution is 0.256. The average Bonchev–Trinajstić information content (AvgIpc) is 3.11. The van der Waals surface area contributed by atoms with Gasteiger partial charge in [-0.15, -0.1) is 0 Å². The van der Waals surface area contributed by atoms with Crippen molar-refractivity contribution in [3.05, 3.63) is 71.8 Å². The second kappa shape index (κ2) is 7.45. The normalized spacial score (nSPS) is 11.0. The van der Waals surface area contributed by atoms with Crippen molar-refractivity contribution in [1.82, 2.24) is 10.2 Å². The Labute approximate surface area is 169 Å². The summed E-state index contributed by atoms with van der Waals surface area (Å²) in [6.45, 7) is -0.499. The zero-order chi connectivity index (χ0) is 21.4. The molecule has 2 amide bonds. The maximum Gasteiger partial charge on any atom is 0.323 e. The van der Waals surface area contributed by atoms with Gasteiger partial charge in [-0.05, 0) is 47.5 Å². The number of amides is 2. The number of nitrogens with zero attached hydrogens (tertiary/aromatic N) is 2. The van der Waals surface area contributed by atoms with Crippen LogP contribution in [0, 0.1) is 11.6 Å². The number of benzene rings is 3. The van der Waals surface area contributed by atoms with Crippen LogP contribution in [0.15, 0.2) is 54.6 Å². The molecule has 0 saturated carbocycles. The first kappa shape index (κ1) is 19.3. The van der Waals surface area contributed by atoms with Crippen molar-refractivity contribution in [2.75, 3.05) is 10.6 Å². The number of carbonyl (C=O) groups excluding carboxylic acids is 1. The van der Waals surface area contributed by atoms with Gasteiger partial charge in [-0.2, -0.15) is 5.10 Å². The molecule has 0 fully saturated rings. The number of halogens is 2. The van der Waals surface area contributed by atoms with Crippen molar-refractivity contribution < 1.29 is 18.7 Å². The van der Waals surface area contributed by atoms with Gasteiger partial charge in [0.1, 0.15) is 11.3 Å². The standard InChI is InChI=1S/C21H17F2N5O2/c22-13-2-1-3-15(9-13)28(21(25)30)14-6-4-11(5-7-14)16-8-12(10-29)18(23)19-17(16)20(24)27-26-19/h1-9,29H,10H2,(H2,25,30)(H3,24,26,27). The van der Waals surface area contributed by atoms with Crippen molar-refractivity contribution in [2.24, 2.45) is 5.73 Å². The number of nitrogens with two attached hydrogens (primary N) is 2. The van der Waals surface area contributed by atoms with Crippen LogP contribution in [-0.4, -0.2) is 21.3 Å². The summed E-state index contributed by atoms with van der Waals surface area (Å²) in [7, 11) is 0. The number of aliphatic hydroxyl groups excluding tert-OH is 1. The Morgan fingerprint density at radius 1 is 1.10 bits per heavy atom. The van der Waals surface area contributed by atoms with Gasteiger partial charge in [0.15, 0.2) is 11.6 Å². The van der Waals surface area contributed by atoms with Crippen LogP contribution in [0.3, 0.4) is 0 Å². The summed E-state index contributed by atoms with van der Waals surface area (Å²) in [4.78, 5) is 13.2. The quantitative estimate of drug-likeness (QED) is 0.410. The Bertz CT molecular complexity index is 1250. The molecule has 4 rings (SSSR count).